The van der Waals surface area contributed by atoms with Crippen LogP contribution in [0.25, 0.3) is 5.65 Å². The summed E-state index contributed by atoms with van der Waals surface area (Å²) in [5, 5.41) is 0. The van der Waals surface area contributed by atoms with Crippen LogP contribution in [0.5, 0.6) is 0 Å². The van der Waals surface area contributed by atoms with Crippen LogP contribution in [-0.4, -0.2) is 9.38 Å². The van der Waals surface area contributed by atoms with Crippen molar-refractivity contribution in [3.8, 4) is 0 Å². The molecule has 0 aromatic carbocycles. The first-order valence-electron chi connectivity index (χ1n) is 3.75. The maximum absolute atomic E-state index is 5.90. The van der Waals surface area contributed by atoms with Crippen LogP contribution in [0.1, 0.15) is 5.69 Å². The van der Waals surface area contributed by atoms with Gasteiger partial charge < -0.3 is 0 Å². The minimum Gasteiger partial charge on any atom is -0.297 e. The van der Waals surface area contributed by atoms with Gasteiger partial charge >= 0.3 is 0 Å². The average Bonchev–Trinajstić information content (AvgIpc) is 2.39. The largest absolute Gasteiger partial charge is 0.297 e. The molecular formula is C8H7Cl2N2P. The van der Waals surface area contributed by atoms with Crippen molar-refractivity contribution in [2.24, 2.45) is 0 Å². The summed E-state index contributed by atoms with van der Waals surface area (Å²) in [4.78, 5) is 4.34. The van der Waals surface area contributed by atoms with Crippen LogP contribution in [0.4, 0.5) is 0 Å². The highest BCUT2D eigenvalue weighted by atomic mass is 35.9. The van der Waals surface area contributed by atoms with Gasteiger partial charge in [-0.1, -0.05) is 28.5 Å². The second-order valence-corrected chi connectivity index (χ2v) is 6.12. The molecule has 0 amide bonds. The average molecular weight is 233 g/mol. The monoisotopic (exact) mass is 232 g/mol. The summed E-state index contributed by atoms with van der Waals surface area (Å²) in [5.41, 5.74) is 2.71. The lowest BCUT2D eigenvalue weighted by Crippen LogP contribution is -2.05. The molecular weight excluding hydrogens is 226 g/mol. The van der Waals surface area contributed by atoms with Gasteiger partial charge in [-0.2, -0.15) is 0 Å². The first-order valence-corrected chi connectivity index (χ1v) is 6.90. The van der Waals surface area contributed by atoms with Crippen molar-refractivity contribution in [1.29, 1.82) is 0 Å². The lowest BCUT2D eigenvalue weighted by molar-refractivity contribution is 1.22. The fourth-order valence-corrected chi connectivity index (χ4v) is 3.15. The number of hydrogen-bond acceptors (Lipinski definition) is 1. The molecule has 0 bridgehead atoms. The van der Waals surface area contributed by atoms with E-state index in [9.17, 15) is 0 Å². The number of aromatic nitrogens is 2. The topological polar surface area (TPSA) is 17.3 Å². The van der Waals surface area contributed by atoms with Gasteiger partial charge in [-0.05, 0) is 19.1 Å². The van der Waals surface area contributed by atoms with Crippen molar-refractivity contribution in [3.05, 3.63) is 30.1 Å². The van der Waals surface area contributed by atoms with Crippen molar-refractivity contribution >= 4 is 40.2 Å². The number of aryl methyl sites for hydroxylation is 1. The van der Waals surface area contributed by atoms with Crippen LogP contribution < -0.4 is 5.44 Å². The highest BCUT2D eigenvalue weighted by molar-refractivity contribution is 8.08. The Morgan fingerprint density at radius 2 is 2.15 bits per heavy atom. The van der Waals surface area contributed by atoms with Crippen molar-refractivity contribution in [2.45, 2.75) is 6.92 Å². The van der Waals surface area contributed by atoms with E-state index in [0.717, 1.165) is 16.8 Å². The molecule has 0 aliphatic rings. The van der Waals surface area contributed by atoms with Gasteiger partial charge in [0.2, 0.25) is 0 Å². The second kappa shape index (κ2) is 3.45. The van der Waals surface area contributed by atoms with Crippen LogP contribution in [0.2, 0.25) is 0 Å². The fraction of sp³-hybridized carbons (Fsp3) is 0.125. The predicted octanol–water partition coefficient (Wildman–Crippen LogP) is 3.06. The minimum absolute atomic E-state index is 0.892. The third kappa shape index (κ3) is 1.54. The number of nitrogens with zero attached hydrogens (tertiary/aromatic N) is 2. The molecule has 2 nitrogen and oxygen atoms in total. The van der Waals surface area contributed by atoms with E-state index in [-0.39, 0.29) is 0 Å². The molecule has 0 aliphatic heterocycles. The molecule has 68 valence electrons. The molecule has 2 aromatic heterocycles. The zero-order valence-corrected chi connectivity index (χ0v) is 9.31. The Morgan fingerprint density at radius 1 is 1.38 bits per heavy atom. The van der Waals surface area contributed by atoms with E-state index in [1.165, 1.54) is 0 Å². The summed E-state index contributed by atoms with van der Waals surface area (Å²) in [6.45, 7) is 0.785. The van der Waals surface area contributed by atoms with Crippen LogP contribution in [-0.2, 0) is 0 Å². The first-order chi connectivity index (χ1) is 6.20. The van der Waals surface area contributed by atoms with Gasteiger partial charge in [0.05, 0.1) is 11.1 Å². The maximum Gasteiger partial charge on any atom is 0.137 e. The molecule has 0 atom stereocenters. The minimum atomic E-state index is -1.13. The van der Waals surface area contributed by atoms with E-state index in [4.69, 9.17) is 22.5 Å². The number of halogens is 2. The van der Waals surface area contributed by atoms with E-state index in [2.05, 4.69) is 4.98 Å². The molecule has 2 heterocycles. The Hall–Kier alpha value is -0.300. The van der Waals surface area contributed by atoms with Crippen molar-refractivity contribution < 1.29 is 0 Å². The molecule has 2 aromatic rings. The Labute approximate surface area is 86.8 Å². The highest BCUT2D eigenvalue weighted by Crippen LogP contribution is 2.46. The summed E-state index contributed by atoms with van der Waals surface area (Å²) >= 11 is 11.8. The van der Waals surface area contributed by atoms with Crippen molar-refractivity contribution in [1.82, 2.24) is 9.38 Å². The third-order valence-corrected chi connectivity index (χ3v) is 3.65. The van der Waals surface area contributed by atoms with E-state index in [0.29, 0.717) is 0 Å². The van der Waals surface area contributed by atoms with Crippen molar-refractivity contribution in [3.63, 3.8) is 0 Å². The Balaban J connectivity index is 2.78. The van der Waals surface area contributed by atoms with Gasteiger partial charge in [0, 0.05) is 6.20 Å². The Kier molecular flexibility index (Phi) is 2.46. The number of rotatable bonds is 1. The normalized spacial score (nSPS) is 11.4. The molecule has 13 heavy (non-hydrogen) atoms. The van der Waals surface area contributed by atoms with Gasteiger partial charge in [-0.25, -0.2) is 4.98 Å². The highest BCUT2D eigenvalue weighted by Gasteiger charge is 2.14. The third-order valence-electron chi connectivity index (χ3n) is 1.83. The Morgan fingerprint density at radius 3 is 2.85 bits per heavy atom. The molecule has 5 heteroatoms. The molecule has 0 saturated carbocycles. The summed E-state index contributed by atoms with van der Waals surface area (Å²) in [7, 11) is 0. The van der Waals surface area contributed by atoms with Crippen LogP contribution in [0.15, 0.2) is 24.4 Å². The molecule has 0 aliphatic carbocycles. The van der Waals surface area contributed by atoms with E-state index in [1.807, 2.05) is 35.7 Å². The molecule has 0 saturated heterocycles. The smallest absolute Gasteiger partial charge is 0.137 e. The van der Waals surface area contributed by atoms with Gasteiger partial charge in [-0.15, -0.1) is 0 Å². The number of pyridine rings is 1. The molecule has 0 spiro atoms. The van der Waals surface area contributed by atoms with Gasteiger partial charge in [0.25, 0.3) is 0 Å². The predicted molar refractivity (Wildman–Crippen MR) is 58.2 cm³/mol. The molecule has 0 unspecified atom stereocenters. The standard InChI is InChI=1S/C8H7Cl2N2P/c1-6-8(13(9)10)12-5-3-2-4-7(12)11-6/h2-5H,1H3. The van der Waals surface area contributed by atoms with Gasteiger partial charge in [-0.3, -0.25) is 4.40 Å². The lowest BCUT2D eigenvalue weighted by Gasteiger charge is -2.01. The zero-order chi connectivity index (χ0) is 9.42. The van der Waals surface area contributed by atoms with Crippen LogP contribution in [0, 0.1) is 6.92 Å². The summed E-state index contributed by atoms with van der Waals surface area (Å²) < 4.78 is 1.93. The zero-order valence-electron chi connectivity index (χ0n) is 6.91. The molecule has 0 radical (unpaired) electrons. The summed E-state index contributed by atoms with van der Waals surface area (Å²) in [6.07, 6.45) is 1.92. The molecule has 0 fully saturated rings. The number of hydrogen-bond donors (Lipinski definition) is 0. The lowest BCUT2D eigenvalue weighted by atomic mass is 10.5. The molecule has 0 N–H and O–H groups in total. The van der Waals surface area contributed by atoms with Crippen LogP contribution >= 0.6 is 29.1 Å². The fourth-order valence-electron chi connectivity index (χ4n) is 1.30. The summed E-state index contributed by atoms with van der Waals surface area (Å²) in [6, 6.07) is 5.81. The van der Waals surface area contributed by atoms with E-state index in [1.54, 1.807) is 0 Å². The van der Waals surface area contributed by atoms with Crippen LogP contribution in [0.3, 0.4) is 0 Å². The van der Waals surface area contributed by atoms with E-state index < -0.39 is 6.63 Å². The number of imidazole rings is 1. The Bertz CT molecular complexity index is 439. The second-order valence-electron chi connectivity index (χ2n) is 2.68. The maximum atomic E-state index is 5.90. The SMILES string of the molecule is Cc1nc2ccccn2c1P(Cl)Cl. The summed E-state index contributed by atoms with van der Waals surface area (Å²) in [5.74, 6) is 0. The molecule has 2 rings (SSSR count). The van der Waals surface area contributed by atoms with Gasteiger partial charge in [0.1, 0.15) is 12.3 Å². The van der Waals surface area contributed by atoms with Crippen molar-refractivity contribution in [2.75, 3.05) is 0 Å². The van der Waals surface area contributed by atoms with E-state index >= 15 is 0 Å². The number of fused-ring (bicyclic) bond motifs is 1. The van der Waals surface area contributed by atoms with Gasteiger partial charge in [0.15, 0.2) is 0 Å². The quantitative estimate of drug-likeness (QED) is 0.692. The first kappa shape index (κ1) is 9.26.